The van der Waals surface area contributed by atoms with Gasteiger partial charge in [-0.25, -0.2) is 19.7 Å². The number of piperidine rings is 1. The number of methoxy groups -OCH3 is 2. The highest BCUT2D eigenvalue weighted by atomic mass is 32.2. The Hall–Kier alpha value is -2.43. The predicted octanol–water partition coefficient (Wildman–Crippen LogP) is 5.08. The lowest BCUT2D eigenvalue weighted by Gasteiger charge is -2.34. The molecule has 2 aromatic rings. The van der Waals surface area contributed by atoms with Crippen LogP contribution in [0.15, 0.2) is 23.6 Å². The van der Waals surface area contributed by atoms with E-state index in [1.54, 1.807) is 25.3 Å². The van der Waals surface area contributed by atoms with Crippen LogP contribution in [0.4, 0.5) is 4.79 Å². The van der Waals surface area contributed by atoms with Gasteiger partial charge in [-0.3, -0.25) is 0 Å². The van der Waals surface area contributed by atoms with Crippen molar-refractivity contribution in [3.63, 3.8) is 0 Å². The number of nitrogens with zero attached hydrogens (tertiary/aromatic N) is 4. The van der Waals surface area contributed by atoms with Crippen molar-refractivity contribution in [3.8, 4) is 5.88 Å². The topological polar surface area (TPSA) is 95.9 Å². The molecule has 0 N–H and O–H groups in total. The molecule has 1 aliphatic carbocycles. The van der Waals surface area contributed by atoms with Crippen molar-refractivity contribution in [1.82, 2.24) is 19.9 Å². The molecule has 2 aliphatic rings. The van der Waals surface area contributed by atoms with Gasteiger partial charge in [0.2, 0.25) is 5.88 Å². The van der Waals surface area contributed by atoms with Gasteiger partial charge < -0.3 is 23.8 Å². The molecule has 4 rings (SSSR count). The Balaban J connectivity index is 1.54. The highest BCUT2D eigenvalue weighted by Gasteiger charge is 2.33. The van der Waals surface area contributed by atoms with Crippen LogP contribution < -0.4 is 4.74 Å². The number of carbonyl (C=O) groups is 1. The van der Waals surface area contributed by atoms with Crippen molar-refractivity contribution in [2.45, 2.75) is 75.5 Å². The number of likely N-dealkylation sites (tertiary alicyclic amines) is 1. The van der Waals surface area contributed by atoms with E-state index in [9.17, 15) is 4.79 Å². The Morgan fingerprint density at radius 3 is 2.44 bits per heavy atom. The van der Waals surface area contributed by atoms with E-state index in [0.29, 0.717) is 43.4 Å². The Kier molecular flexibility index (Phi) is 8.06. The molecule has 0 unspecified atom stereocenters. The number of thioether (sulfide) groups is 1. The van der Waals surface area contributed by atoms with Crippen molar-refractivity contribution in [1.29, 1.82) is 0 Å². The maximum absolute atomic E-state index is 12.4. The molecule has 196 valence electrons. The van der Waals surface area contributed by atoms with Crippen LogP contribution in [-0.2, 0) is 14.2 Å². The Labute approximate surface area is 217 Å². The number of amides is 1. The zero-order chi connectivity index (χ0) is 25.9. The SMILES string of the molecule is COC1(OC)CC=C(c2cnc(OC3CCN(C(=O)OC(C)(C)C)CC3)c3cnc(SC)nc23)CC1. The number of ether oxygens (including phenoxy) is 4. The Morgan fingerprint density at radius 2 is 1.86 bits per heavy atom. The van der Waals surface area contributed by atoms with Crippen molar-refractivity contribution >= 4 is 34.3 Å². The molecule has 36 heavy (non-hydrogen) atoms. The third-order valence-corrected chi connectivity index (χ3v) is 7.20. The minimum Gasteiger partial charge on any atom is -0.474 e. The fraction of sp³-hybridized carbons (Fsp3) is 0.615. The normalized spacial score (nSPS) is 18.7. The van der Waals surface area contributed by atoms with E-state index in [2.05, 4.69) is 11.1 Å². The Morgan fingerprint density at radius 1 is 1.14 bits per heavy atom. The summed E-state index contributed by atoms with van der Waals surface area (Å²) in [7, 11) is 3.36. The summed E-state index contributed by atoms with van der Waals surface area (Å²) in [6.45, 7) is 6.79. The van der Waals surface area contributed by atoms with Gasteiger partial charge in [-0.2, -0.15) is 0 Å². The van der Waals surface area contributed by atoms with Gasteiger partial charge in [0.25, 0.3) is 0 Å². The van der Waals surface area contributed by atoms with E-state index in [4.69, 9.17) is 28.9 Å². The monoisotopic (exact) mass is 516 g/mol. The number of pyridine rings is 1. The van der Waals surface area contributed by atoms with Crippen molar-refractivity contribution in [2.75, 3.05) is 33.6 Å². The molecule has 1 aliphatic heterocycles. The third kappa shape index (κ3) is 5.92. The summed E-state index contributed by atoms with van der Waals surface area (Å²) in [5, 5.41) is 1.49. The van der Waals surface area contributed by atoms with Crippen LogP contribution in [-0.4, -0.2) is 77.0 Å². The first-order valence-corrected chi connectivity index (χ1v) is 13.5. The molecule has 1 fully saturated rings. The van der Waals surface area contributed by atoms with Crippen LogP contribution in [0.3, 0.4) is 0 Å². The van der Waals surface area contributed by atoms with E-state index < -0.39 is 11.4 Å². The molecule has 2 aromatic heterocycles. The lowest BCUT2D eigenvalue weighted by Crippen LogP contribution is -2.44. The fourth-order valence-electron chi connectivity index (χ4n) is 4.56. The van der Waals surface area contributed by atoms with E-state index in [1.807, 2.05) is 33.2 Å². The third-order valence-electron chi connectivity index (χ3n) is 6.64. The summed E-state index contributed by atoms with van der Waals surface area (Å²) < 4.78 is 23.1. The fourth-order valence-corrected chi connectivity index (χ4v) is 4.90. The molecule has 0 aromatic carbocycles. The van der Waals surface area contributed by atoms with Gasteiger partial charge in [-0.1, -0.05) is 17.8 Å². The van der Waals surface area contributed by atoms with Crippen molar-refractivity contribution in [3.05, 3.63) is 24.0 Å². The number of allylic oxidation sites excluding steroid dienone is 1. The molecule has 0 atom stereocenters. The zero-order valence-corrected chi connectivity index (χ0v) is 22.8. The quantitative estimate of drug-likeness (QED) is 0.296. The highest BCUT2D eigenvalue weighted by molar-refractivity contribution is 7.98. The molecule has 10 heteroatoms. The minimum atomic E-state index is -0.580. The summed E-state index contributed by atoms with van der Waals surface area (Å²) >= 11 is 1.50. The molecule has 9 nitrogen and oxygen atoms in total. The van der Waals surface area contributed by atoms with Gasteiger partial charge in [0.15, 0.2) is 10.9 Å². The summed E-state index contributed by atoms with van der Waals surface area (Å²) in [6.07, 6.45) is 11.0. The minimum absolute atomic E-state index is 0.0524. The molecule has 0 radical (unpaired) electrons. The second kappa shape index (κ2) is 10.9. The van der Waals surface area contributed by atoms with Gasteiger partial charge in [-0.15, -0.1) is 0 Å². The van der Waals surface area contributed by atoms with Crippen LogP contribution in [0, 0.1) is 0 Å². The molecular weight excluding hydrogens is 480 g/mol. The first-order chi connectivity index (χ1) is 17.2. The van der Waals surface area contributed by atoms with E-state index >= 15 is 0 Å². The van der Waals surface area contributed by atoms with Crippen LogP contribution >= 0.6 is 11.8 Å². The summed E-state index contributed by atoms with van der Waals surface area (Å²) in [5.41, 5.74) is 2.47. The smallest absolute Gasteiger partial charge is 0.410 e. The second-order valence-corrected chi connectivity index (χ2v) is 10.9. The summed E-state index contributed by atoms with van der Waals surface area (Å²) in [5.74, 6) is -0.0553. The number of rotatable bonds is 6. The van der Waals surface area contributed by atoms with Crippen molar-refractivity contribution < 1.29 is 23.7 Å². The maximum atomic E-state index is 12.4. The van der Waals surface area contributed by atoms with Gasteiger partial charge in [0, 0.05) is 70.9 Å². The summed E-state index contributed by atoms with van der Waals surface area (Å²) in [4.78, 5) is 28.1. The van der Waals surface area contributed by atoms with E-state index in [1.165, 1.54) is 17.3 Å². The predicted molar refractivity (Wildman–Crippen MR) is 139 cm³/mol. The van der Waals surface area contributed by atoms with Crippen LogP contribution in [0.5, 0.6) is 5.88 Å². The Bertz CT molecular complexity index is 1120. The number of hydrogen-bond donors (Lipinski definition) is 0. The number of aromatic nitrogens is 3. The summed E-state index contributed by atoms with van der Waals surface area (Å²) in [6, 6.07) is 0. The highest BCUT2D eigenvalue weighted by Crippen LogP contribution is 2.38. The van der Waals surface area contributed by atoms with Crippen LogP contribution in [0.1, 0.15) is 58.4 Å². The lowest BCUT2D eigenvalue weighted by molar-refractivity contribution is -0.208. The largest absolute Gasteiger partial charge is 0.474 e. The van der Waals surface area contributed by atoms with Gasteiger partial charge in [0.1, 0.15) is 11.7 Å². The lowest BCUT2D eigenvalue weighted by atomic mass is 9.89. The molecule has 0 saturated carbocycles. The molecule has 1 saturated heterocycles. The zero-order valence-electron chi connectivity index (χ0n) is 22.0. The average molecular weight is 517 g/mol. The van der Waals surface area contributed by atoms with Gasteiger partial charge in [0.05, 0.1) is 10.9 Å². The van der Waals surface area contributed by atoms with E-state index in [0.717, 1.165) is 29.3 Å². The molecule has 3 heterocycles. The standard InChI is InChI=1S/C26H36N4O5S/c1-25(2,3)35-24(31)30-13-9-18(10-14-30)34-22-20-16-28-23(36-6)29-21(20)19(15-27-22)17-7-11-26(32-4,33-5)12-8-17/h7,15-16,18H,8-14H2,1-6H3. The molecule has 0 bridgehead atoms. The molecular formula is C26H36N4O5S. The van der Waals surface area contributed by atoms with Gasteiger partial charge >= 0.3 is 6.09 Å². The number of hydrogen-bond acceptors (Lipinski definition) is 9. The molecule has 1 amide bonds. The first kappa shape index (κ1) is 26.6. The number of fused-ring (bicyclic) bond motifs is 1. The van der Waals surface area contributed by atoms with Crippen LogP contribution in [0.25, 0.3) is 16.5 Å². The van der Waals surface area contributed by atoms with Crippen molar-refractivity contribution in [2.24, 2.45) is 0 Å². The van der Waals surface area contributed by atoms with Crippen LogP contribution in [0.2, 0.25) is 0 Å². The number of carbonyl (C=O) groups excluding carboxylic acids is 1. The molecule has 0 spiro atoms. The maximum Gasteiger partial charge on any atom is 0.410 e. The second-order valence-electron chi connectivity index (χ2n) is 10.1. The first-order valence-electron chi connectivity index (χ1n) is 12.3. The van der Waals surface area contributed by atoms with E-state index in [-0.39, 0.29) is 12.2 Å². The average Bonchev–Trinajstić information content (AvgIpc) is 2.88. The van der Waals surface area contributed by atoms with Gasteiger partial charge in [-0.05, 0) is 39.0 Å².